The summed E-state index contributed by atoms with van der Waals surface area (Å²) in [5.74, 6) is 0. The highest BCUT2D eigenvalue weighted by Gasteiger charge is 2.23. The Hall–Kier alpha value is -2.20. The largest absolute Gasteiger partial charge is 0.383 e. The normalized spacial score (nSPS) is 12.6. The van der Waals surface area contributed by atoms with Crippen molar-refractivity contribution in [2.75, 3.05) is 19.0 Å². The first kappa shape index (κ1) is 21.1. The van der Waals surface area contributed by atoms with Crippen molar-refractivity contribution in [1.29, 1.82) is 0 Å². The highest BCUT2D eigenvalue weighted by Crippen LogP contribution is 2.28. The van der Waals surface area contributed by atoms with Crippen LogP contribution in [0.2, 0.25) is 5.02 Å². The molecule has 0 amide bonds. The van der Waals surface area contributed by atoms with E-state index >= 15 is 0 Å². The highest BCUT2D eigenvalue weighted by atomic mass is 35.5. The van der Waals surface area contributed by atoms with E-state index in [1.807, 2.05) is 0 Å². The van der Waals surface area contributed by atoms with E-state index < -0.39 is 21.0 Å². The number of ether oxygens (including phenoxy) is 1. The van der Waals surface area contributed by atoms with Gasteiger partial charge in [-0.3, -0.25) is 10.1 Å². The van der Waals surface area contributed by atoms with E-state index in [1.54, 1.807) is 31.2 Å². The predicted molar refractivity (Wildman–Crippen MR) is 104 cm³/mol. The van der Waals surface area contributed by atoms with Gasteiger partial charge in [0, 0.05) is 30.8 Å². The summed E-state index contributed by atoms with van der Waals surface area (Å²) in [5, 5.41) is 14.9. The van der Waals surface area contributed by atoms with E-state index in [2.05, 4.69) is 10.0 Å². The van der Waals surface area contributed by atoms with E-state index in [4.69, 9.17) is 16.3 Å². The molecule has 0 fully saturated rings. The van der Waals surface area contributed by atoms with E-state index in [9.17, 15) is 18.5 Å². The van der Waals surface area contributed by atoms with Gasteiger partial charge in [-0.15, -0.1) is 0 Å². The van der Waals surface area contributed by atoms with Gasteiger partial charge in [-0.25, -0.2) is 13.1 Å². The molecule has 146 valence electrons. The Balaban J connectivity index is 2.26. The third kappa shape index (κ3) is 5.64. The van der Waals surface area contributed by atoms with Crippen molar-refractivity contribution in [2.24, 2.45) is 0 Å². The molecule has 0 saturated carbocycles. The van der Waals surface area contributed by atoms with Gasteiger partial charge >= 0.3 is 0 Å². The second-order valence-corrected chi connectivity index (χ2v) is 7.98. The second kappa shape index (κ2) is 9.14. The average molecular weight is 414 g/mol. The maximum atomic E-state index is 12.4. The van der Waals surface area contributed by atoms with Gasteiger partial charge in [-0.2, -0.15) is 0 Å². The summed E-state index contributed by atoms with van der Waals surface area (Å²) in [4.78, 5) is 10.6. The zero-order chi connectivity index (χ0) is 20.0. The van der Waals surface area contributed by atoms with Crippen LogP contribution >= 0.6 is 11.6 Å². The Bertz CT molecular complexity index is 921. The molecular formula is C17H20ClN3O5S. The first-order valence-electron chi connectivity index (χ1n) is 8.01. The number of nitro groups is 1. The van der Waals surface area contributed by atoms with Crippen molar-refractivity contribution in [1.82, 2.24) is 4.72 Å². The molecule has 0 bridgehead atoms. The first-order chi connectivity index (χ1) is 12.7. The van der Waals surface area contributed by atoms with Crippen molar-refractivity contribution < 1.29 is 18.1 Å². The first-order valence-corrected chi connectivity index (χ1v) is 9.87. The summed E-state index contributed by atoms with van der Waals surface area (Å²) in [7, 11) is -2.46. The molecule has 0 unspecified atom stereocenters. The molecule has 2 N–H and O–H groups in total. The van der Waals surface area contributed by atoms with Gasteiger partial charge in [-0.1, -0.05) is 29.8 Å². The van der Waals surface area contributed by atoms with Crippen LogP contribution in [0.25, 0.3) is 0 Å². The standard InChI is InChI=1S/C17H20ClN3O5S/c1-12(11-26-2)20-27(24,25)14-7-8-16(17(9-14)21(22)23)19-10-13-5-3-4-6-15(13)18/h3-9,12,19-20H,10-11H2,1-2H3/t12-/m0/s1. The molecule has 0 aliphatic rings. The fourth-order valence-electron chi connectivity index (χ4n) is 2.43. The molecule has 0 radical (unpaired) electrons. The molecule has 0 heterocycles. The fraction of sp³-hybridized carbons (Fsp3) is 0.294. The van der Waals surface area contributed by atoms with Crippen molar-refractivity contribution in [3.8, 4) is 0 Å². The SMILES string of the molecule is COC[C@H](C)NS(=O)(=O)c1ccc(NCc2ccccc2Cl)c([N+](=O)[O-])c1. The topological polar surface area (TPSA) is 111 Å². The molecule has 0 spiro atoms. The van der Waals surface area contributed by atoms with Crippen LogP contribution in [0.1, 0.15) is 12.5 Å². The molecule has 1 atom stereocenters. The Morgan fingerprint density at radius 3 is 2.59 bits per heavy atom. The molecule has 0 aliphatic carbocycles. The Morgan fingerprint density at radius 2 is 1.96 bits per heavy atom. The minimum absolute atomic E-state index is 0.179. The van der Waals surface area contributed by atoms with Crippen LogP contribution in [0, 0.1) is 10.1 Å². The summed E-state index contributed by atoms with van der Waals surface area (Å²) in [6, 6.07) is 10.3. The van der Waals surface area contributed by atoms with Gasteiger partial charge in [0.2, 0.25) is 10.0 Å². The summed E-state index contributed by atoms with van der Waals surface area (Å²) in [6.07, 6.45) is 0. The molecule has 0 saturated heterocycles. The van der Waals surface area contributed by atoms with Gasteiger partial charge in [-0.05, 0) is 30.7 Å². The number of halogens is 1. The molecule has 2 aromatic rings. The van der Waals surface area contributed by atoms with Crippen LogP contribution in [0.15, 0.2) is 47.4 Å². The molecule has 2 rings (SSSR count). The lowest BCUT2D eigenvalue weighted by molar-refractivity contribution is -0.384. The summed E-state index contributed by atoms with van der Waals surface area (Å²) < 4.78 is 32.1. The minimum atomic E-state index is -3.91. The number of methoxy groups -OCH3 is 1. The van der Waals surface area contributed by atoms with E-state index in [-0.39, 0.29) is 29.4 Å². The Morgan fingerprint density at radius 1 is 1.26 bits per heavy atom. The molecule has 10 heteroatoms. The maximum Gasteiger partial charge on any atom is 0.293 e. The molecule has 0 aliphatic heterocycles. The summed E-state index contributed by atoms with van der Waals surface area (Å²) in [5.41, 5.74) is 0.619. The van der Waals surface area contributed by atoms with Crippen LogP contribution in [0.3, 0.4) is 0 Å². The predicted octanol–water partition coefficient (Wildman–Crippen LogP) is 3.17. The third-order valence-electron chi connectivity index (χ3n) is 3.68. The number of anilines is 1. The third-order valence-corrected chi connectivity index (χ3v) is 5.63. The van der Waals surface area contributed by atoms with Gasteiger partial charge < -0.3 is 10.1 Å². The molecular weight excluding hydrogens is 394 g/mol. The monoisotopic (exact) mass is 413 g/mol. The number of hydrogen-bond donors (Lipinski definition) is 2. The van der Waals surface area contributed by atoms with Crippen molar-refractivity contribution in [3.05, 3.63) is 63.2 Å². The number of nitrogens with one attached hydrogen (secondary N) is 2. The molecule has 8 nitrogen and oxygen atoms in total. The number of nitrogens with zero attached hydrogens (tertiary/aromatic N) is 1. The smallest absolute Gasteiger partial charge is 0.293 e. The van der Waals surface area contributed by atoms with Crippen LogP contribution in [0.5, 0.6) is 0 Å². The van der Waals surface area contributed by atoms with Crippen molar-refractivity contribution in [3.63, 3.8) is 0 Å². The van der Waals surface area contributed by atoms with Crippen molar-refractivity contribution in [2.45, 2.75) is 24.4 Å². The Labute approximate surface area is 162 Å². The lowest BCUT2D eigenvalue weighted by atomic mass is 10.2. The highest BCUT2D eigenvalue weighted by molar-refractivity contribution is 7.89. The maximum absolute atomic E-state index is 12.4. The fourth-order valence-corrected chi connectivity index (χ4v) is 3.88. The number of sulfonamides is 1. The Kier molecular flexibility index (Phi) is 7.14. The van der Waals surface area contributed by atoms with Crippen LogP contribution in [0.4, 0.5) is 11.4 Å². The van der Waals surface area contributed by atoms with Gasteiger partial charge in [0.25, 0.3) is 5.69 Å². The van der Waals surface area contributed by atoms with E-state index in [0.29, 0.717) is 5.02 Å². The van der Waals surface area contributed by atoms with E-state index in [1.165, 1.54) is 19.2 Å². The van der Waals surface area contributed by atoms with Crippen LogP contribution in [-0.2, 0) is 21.3 Å². The summed E-state index contributed by atoms with van der Waals surface area (Å²) in [6.45, 7) is 2.07. The average Bonchev–Trinajstić information content (AvgIpc) is 2.60. The quantitative estimate of drug-likeness (QED) is 0.482. The van der Waals surface area contributed by atoms with Gasteiger partial charge in [0.15, 0.2) is 0 Å². The lowest BCUT2D eigenvalue weighted by Gasteiger charge is -2.14. The number of benzene rings is 2. The molecule has 27 heavy (non-hydrogen) atoms. The van der Waals surface area contributed by atoms with Gasteiger partial charge in [0.1, 0.15) is 5.69 Å². The summed E-state index contributed by atoms with van der Waals surface area (Å²) >= 11 is 6.08. The van der Waals surface area contributed by atoms with Gasteiger partial charge in [0.05, 0.1) is 16.4 Å². The number of rotatable bonds is 9. The minimum Gasteiger partial charge on any atom is -0.383 e. The number of nitro benzene ring substituents is 1. The lowest BCUT2D eigenvalue weighted by Crippen LogP contribution is -2.35. The van der Waals surface area contributed by atoms with Crippen molar-refractivity contribution >= 4 is 33.0 Å². The second-order valence-electron chi connectivity index (χ2n) is 5.86. The van der Waals surface area contributed by atoms with Crippen LogP contribution < -0.4 is 10.0 Å². The molecule has 0 aromatic heterocycles. The van der Waals surface area contributed by atoms with E-state index in [0.717, 1.165) is 11.6 Å². The zero-order valence-corrected chi connectivity index (χ0v) is 16.4. The van der Waals surface area contributed by atoms with Crippen LogP contribution in [-0.4, -0.2) is 33.1 Å². The number of hydrogen-bond acceptors (Lipinski definition) is 6. The zero-order valence-electron chi connectivity index (χ0n) is 14.8. The molecule has 2 aromatic carbocycles.